The SMILES string of the molecule is COc1ccc(CNC(=O)C2CCN(Cc3ccccc3)C2)cc1. The summed E-state index contributed by atoms with van der Waals surface area (Å²) in [6, 6.07) is 18.2. The smallest absolute Gasteiger partial charge is 0.224 e. The van der Waals surface area contributed by atoms with Crippen molar-refractivity contribution >= 4 is 5.91 Å². The number of carbonyl (C=O) groups is 1. The lowest BCUT2D eigenvalue weighted by molar-refractivity contribution is -0.124. The average Bonchev–Trinajstić information content (AvgIpc) is 3.09. The zero-order valence-corrected chi connectivity index (χ0v) is 14.1. The Morgan fingerprint density at radius 3 is 2.58 bits per heavy atom. The van der Waals surface area contributed by atoms with Crippen molar-refractivity contribution < 1.29 is 9.53 Å². The molecule has 0 bridgehead atoms. The van der Waals surface area contributed by atoms with E-state index in [0.29, 0.717) is 6.54 Å². The fraction of sp³-hybridized carbons (Fsp3) is 0.350. The summed E-state index contributed by atoms with van der Waals surface area (Å²) in [5.74, 6) is 1.07. The van der Waals surface area contributed by atoms with Crippen LogP contribution in [0.25, 0.3) is 0 Å². The molecule has 0 saturated carbocycles. The van der Waals surface area contributed by atoms with Crippen LogP contribution in [0.1, 0.15) is 17.5 Å². The second kappa shape index (κ2) is 7.97. The average molecular weight is 324 g/mol. The van der Waals surface area contributed by atoms with Crippen molar-refractivity contribution in [3.8, 4) is 5.75 Å². The molecule has 2 aromatic rings. The number of benzene rings is 2. The van der Waals surface area contributed by atoms with Gasteiger partial charge in [0.05, 0.1) is 13.0 Å². The molecular weight excluding hydrogens is 300 g/mol. The fourth-order valence-corrected chi connectivity index (χ4v) is 3.11. The highest BCUT2D eigenvalue weighted by atomic mass is 16.5. The highest BCUT2D eigenvalue weighted by molar-refractivity contribution is 5.79. The standard InChI is InChI=1S/C20H24N2O2/c1-24-19-9-7-16(8-10-19)13-21-20(23)18-11-12-22(15-18)14-17-5-3-2-4-6-17/h2-10,18H,11-15H2,1H3,(H,21,23). The molecule has 1 atom stereocenters. The van der Waals surface area contributed by atoms with Gasteiger partial charge in [0, 0.05) is 19.6 Å². The number of hydrogen-bond donors (Lipinski definition) is 1. The van der Waals surface area contributed by atoms with Gasteiger partial charge in [0.1, 0.15) is 5.75 Å². The van der Waals surface area contributed by atoms with Crippen LogP contribution >= 0.6 is 0 Å². The summed E-state index contributed by atoms with van der Waals surface area (Å²) in [5, 5.41) is 3.06. The van der Waals surface area contributed by atoms with E-state index in [0.717, 1.165) is 37.4 Å². The number of methoxy groups -OCH3 is 1. The Hall–Kier alpha value is -2.33. The van der Waals surface area contributed by atoms with Gasteiger partial charge in [-0.05, 0) is 36.2 Å². The molecule has 0 radical (unpaired) electrons. The highest BCUT2D eigenvalue weighted by Crippen LogP contribution is 2.19. The predicted molar refractivity (Wildman–Crippen MR) is 94.7 cm³/mol. The third-order valence-corrected chi connectivity index (χ3v) is 4.52. The molecule has 4 heteroatoms. The van der Waals surface area contributed by atoms with E-state index in [2.05, 4.69) is 34.5 Å². The summed E-state index contributed by atoms with van der Waals surface area (Å²) in [4.78, 5) is 14.7. The van der Waals surface area contributed by atoms with E-state index in [9.17, 15) is 4.79 Å². The Balaban J connectivity index is 1.45. The summed E-state index contributed by atoms with van der Waals surface area (Å²) in [6.45, 7) is 3.31. The molecular formula is C20H24N2O2. The van der Waals surface area contributed by atoms with E-state index in [1.54, 1.807) is 7.11 Å². The highest BCUT2D eigenvalue weighted by Gasteiger charge is 2.27. The van der Waals surface area contributed by atoms with Crippen LogP contribution in [0, 0.1) is 5.92 Å². The largest absolute Gasteiger partial charge is 0.497 e. The lowest BCUT2D eigenvalue weighted by Gasteiger charge is -2.16. The maximum absolute atomic E-state index is 12.4. The molecule has 2 aromatic carbocycles. The molecule has 24 heavy (non-hydrogen) atoms. The number of rotatable bonds is 6. The number of nitrogens with zero attached hydrogens (tertiary/aromatic N) is 1. The molecule has 1 heterocycles. The molecule has 4 nitrogen and oxygen atoms in total. The van der Waals surface area contributed by atoms with E-state index in [1.807, 2.05) is 30.3 Å². The Morgan fingerprint density at radius 1 is 1.12 bits per heavy atom. The van der Waals surface area contributed by atoms with Crippen molar-refractivity contribution in [2.75, 3.05) is 20.2 Å². The molecule has 1 aliphatic rings. The van der Waals surface area contributed by atoms with Gasteiger partial charge in [-0.1, -0.05) is 42.5 Å². The van der Waals surface area contributed by atoms with Crippen LogP contribution in [0.4, 0.5) is 0 Å². The van der Waals surface area contributed by atoms with Crippen LogP contribution in [-0.4, -0.2) is 31.0 Å². The number of hydrogen-bond acceptors (Lipinski definition) is 3. The normalized spacial score (nSPS) is 17.6. The third kappa shape index (κ3) is 4.36. The molecule has 1 unspecified atom stereocenters. The fourth-order valence-electron chi connectivity index (χ4n) is 3.11. The van der Waals surface area contributed by atoms with E-state index in [4.69, 9.17) is 4.74 Å². The molecule has 0 aromatic heterocycles. The molecule has 0 spiro atoms. The van der Waals surface area contributed by atoms with Gasteiger partial charge in [0.15, 0.2) is 0 Å². The minimum Gasteiger partial charge on any atom is -0.497 e. The van der Waals surface area contributed by atoms with Crippen LogP contribution in [0.2, 0.25) is 0 Å². The lowest BCUT2D eigenvalue weighted by atomic mass is 10.1. The third-order valence-electron chi connectivity index (χ3n) is 4.52. The van der Waals surface area contributed by atoms with Gasteiger partial charge in [0.2, 0.25) is 5.91 Å². The molecule has 1 fully saturated rings. The zero-order valence-electron chi connectivity index (χ0n) is 14.1. The van der Waals surface area contributed by atoms with Crippen molar-refractivity contribution in [3.05, 3.63) is 65.7 Å². The first-order valence-electron chi connectivity index (χ1n) is 8.41. The Labute approximate surface area is 143 Å². The van der Waals surface area contributed by atoms with Gasteiger partial charge in [0.25, 0.3) is 0 Å². The lowest BCUT2D eigenvalue weighted by Crippen LogP contribution is -2.32. The minimum absolute atomic E-state index is 0.0898. The summed E-state index contributed by atoms with van der Waals surface area (Å²) < 4.78 is 5.14. The Kier molecular flexibility index (Phi) is 5.49. The van der Waals surface area contributed by atoms with Crippen LogP contribution < -0.4 is 10.1 Å². The summed E-state index contributed by atoms with van der Waals surface area (Å²) in [7, 11) is 1.65. The van der Waals surface area contributed by atoms with Crippen molar-refractivity contribution in [1.29, 1.82) is 0 Å². The van der Waals surface area contributed by atoms with Crippen molar-refractivity contribution in [1.82, 2.24) is 10.2 Å². The van der Waals surface area contributed by atoms with E-state index in [1.165, 1.54) is 5.56 Å². The maximum atomic E-state index is 12.4. The molecule has 1 amide bonds. The van der Waals surface area contributed by atoms with E-state index < -0.39 is 0 Å². The molecule has 1 aliphatic heterocycles. The van der Waals surface area contributed by atoms with Crippen LogP contribution in [0.15, 0.2) is 54.6 Å². The van der Waals surface area contributed by atoms with Gasteiger partial charge in [-0.3, -0.25) is 9.69 Å². The van der Waals surface area contributed by atoms with Crippen LogP contribution in [0.5, 0.6) is 5.75 Å². The van der Waals surface area contributed by atoms with Gasteiger partial charge < -0.3 is 10.1 Å². The van der Waals surface area contributed by atoms with Gasteiger partial charge >= 0.3 is 0 Å². The number of carbonyl (C=O) groups excluding carboxylic acids is 1. The number of amides is 1. The number of nitrogens with one attached hydrogen (secondary N) is 1. The number of ether oxygens (including phenoxy) is 1. The Bertz CT molecular complexity index is 655. The van der Waals surface area contributed by atoms with Gasteiger partial charge in [-0.15, -0.1) is 0 Å². The second-order valence-electron chi connectivity index (χ2n) is 6.27. The molecule has 1 saturated heterocycles. The van der Waals surface area contributed by atoms with Crippen molar-refractivity contribution in [2.45, 2.75) is 19.5 Å². The summed E-state index contributed by atoms with van der Waals surface area (Å²) in [6.07, 6.45) is 0.932. The first kappa shape index (κ1) is 16.5. The molecule has 1 N–H and O–H groups in total. The molecule has 126 valence electrons. The van der Waals surface area contributed by atoms with Crippen molar-refractivity contribution in [2.24, 2.45) is 5.92 Å². The first-order chi connectivity index (χ1) is 11.7. The molecule has 0 aliphatic carbocycles. The van der Waals surface area contributed by atoms with E-state index in [-0.39, 0.29) is 11.8 Å². The number of likely N-dealkylation sites (tertiary alicyclic amines) is 1. The summed E-state index contributed by atoms with van der Waals surface area (Å²) in [5.41, 5.74) is 2.39. The predicted octanol–water partition coefficient (Wildman–Crippen LogP) is 2.83. The second-order valence-corrected chi connectivity index (χ2v) is 6.27. The van der Waals surface area contributed by atoms with Crippen LogP contribution in [-0.2, 0) is 17.9 Å². The van der Waals surface area contributed by atoms with Crippen molar-refractivity contribution in [3.63, 3.8) is 0 Å². The van der Waals surface area contributed by atoms with Gasteiger partial charge in [-0.2, -0.15) is 0 Å². The summed E-state index contributed by atoms with van der Waals surface area (Å²) >= 11 is 0. The van der Waals surface area contributed by atoms with E-state index >= 15 is 0 Å². The zero-order chi connectivity index (χ0) is 16.8. The topological polar surface area (TPSA) is 41.6 Å². The Morgan fingerprint density at radius 2 is 1.88 bits per heavy atom. The van der Waals surface area contributed by atoms with Gasteiger partial charge in [-0.25, -0.2) is 0 Å². The monoisotopic (exact) mass is 324 g/mol. The minimum atomic E-state index is 0.0898. The maximum Gasteiger partial charge on any atom is 0.224 e. The van der Waals surface area contributed by atoms with Crippen LogP contribution in [0.3, 0.4) is 0 Å². The first-order valence-corrected chi connectivity index (χ1v) is 8.41. The quantitative estimate of drug-likeness (QED) is 0.888. The molecule has 3 rings (SSSR count).